The summed E-state index contributed by atoms with van der Waals surface area (Å²) < 4.78 is 38.3. The van der Waals surface area contributed by atoms with Crippen LogP contribution in [0.3, 0.4) is 0 Å². The monoisotopic (exact) mass is 413 g/mol. The summed E-state index contributed by atoms with van der Waals surface area (Å²) in [7, 11) is -2.69. The van der Waals surface area contributed by atoms with Crippen molar-refractivity contribution in [3.63, 3.8) is 0 Å². The molecule has 1 N–H and O–H groups in total. The molecular weight excluding hydrogens is 386 g/mol. The van der Waals surface area contributed by atoms with Gasteiger partial charge in [0.1, 0.15) is 11.7 Å². The van der Waals surface area contributed by atoms with E-state index in [1.54, 1.807) is 20.8 Å². The second-order valence-electron chi connectivity index (χ2n) is 7.09. The predicted molar refractivity (Wildman–Crippen MR) is 104 cm³/mol. The highest BCUT2D eigenvalue weighted by Gasteiger charge is 2.28. The zero-order chi connectivity index (χ0) is 21.4. The summed E-state index contributed by atoms with van der Waals surface area (Å²) in [5.74, 6) is -0.683. The molecule has 1 aromatic rings. The van der Waals surface area contributed by atoms with Crippen LogP contribution in [0.5, 0.6) is 0 Å². The van der Waals surface area contributed by atoms with Gasteiger partial charge in [-0.15, -0.1) is 0 Å². The van der Waals surface area contributed by atoms with E-state index in [1.165, 1.54) is 13.2 Å². The molecule has 0 spiro atoms. The summed E-state index contributed by atoms with van der Waals surface area (Å²) in [5, 5.41) is 2.63. The first-order valence-corrected chi connectivity index (χ1v) is 10.4. The van der Waals surface area contributed by atoms with Crippen molar-refractivity contribution in [2.75, 3.05) is 13.4 Å². The molecule has 156 valence electrons. The molecule has 0 saturated carbocycles. The molecule has 0 heterocycles. The largest absolute Gasteiger partial charge is 0.466 e. The van der Waals surface area contributed by atoms with Crippen molar-refractivity contribution < 1.29 is 31.7 Å². The van der Waals surface area contributed by atoms with Crippen molar-refractivity contribution in [2.24, 2.45) is 0 Å². The lowest BCUT2D eigenvalue weighted by atomic mass is 10.0. The minimum absolute atomic E-state index is 0.242. The number of hydrogen-bond donors (Lipinski definition) is 1. The molecule has 0 unspecified atom stereocenters. The quantitative estimate of drug-likeness (QED) is 0.395. The highest BCUT2D eigenvalue weighted by atomic mass is 32.2. The van der Waals surface area contributed by atoms with Gasteiger partial charge < -0.3 is 14.8 Å². The molecule has 1 aromatic carbocycles. The number of esters is 1. The van der Waals surface area contributed by atoms with Crippen LogP contribution in [0.4, 0.5) is 4.79 Å². The van der Waals surface area contributed by atoms with Crippen molar-refractivity contribution >= 4 is 22.2 Å². The van der Waals surface area contributed by atoms with E-state index in [9.17, 15) is 18.0 Å². The van der Waals surface area contributed by atoms with Gasteiger partial charge in [-0.2, -0.15) is 8.42 Å². The number of alkyl carbamates (subject to hydrolysis) is 1. The normalized spacial score (nSPS) is 14.3. The van der Waals surface area contributed by atoms with E-state index >= 15 is 0 Å². The van der Waals surface area contributed by atoms with Crippen LogP contribution in [0, 0.1) is 0 Å². The van der Waals surface area contributed by atoms with Crippen LogP contribution in [0.15, 0.2) is 42.5 Å². The first-order valence-electron chi connectivity index (χ1n) is 8.57. The third-order valence-electron chi connectivity index (χ3n) is 3.31. The number of nitrogens with one attached hydrogen (secondary N) is 1. The standard InChI is InChI=1S/C19H27NO7S/c1-19(2,3)26-18(22)20-15(13-14-9-7-6-8-10-14)16(27-28(5,23)24)11-12-17(21)25-4/h6-12,15-16H,13H2,1-5H3,(H,20,22)/b12-11+/t15-,16+/m0/s1. The third kappa shape index (κ3) is 10.1. The van der Waals surface area contributed by atoms with Gasteiger partial charge in [-0.25, -0.2) is 9.59 Å². The van der Waals surface area contributed by atoms with E-state index in [0.29, 0.717) is 0 Å². The molecule has 28 heavy (non-hydrogen) atoms. The van der Waals surface area contributed by atoms with Crippen LogP contribution in [-0.2, 0) is 35.0 Å². The molecule has 0 aliphatic rings. The Hall–Kier alpha value is -2.39. The van der Waals surface area contributed by atoms with Crippen LogP contribution in [0.25, 0.3) is 0 Å². The molecule has 0 bridgehead atoms. The fraction of sp³-hybridized carbons (Fsp3) is 0.474. The molecule has 0 radical (unpaired) electrons. The Morgan fingerprint density at radius 2 is 1.79 bits per heavy atom. The summed E-state index contributed by atoms with van der Waals surface area (Å²) in [5.41, 5.74) is 0.0910. The summed E-state index contributed by atoms with van der Waals surface area (Å²) in [6.45, 7) is 5.13. The summed E-state index contributed by atoms with van der Waals surface area (Å²) >= 11 is 0. The van der Waals surface area contributed by atoms with Crippen LogP contribution in [0.2, 0.25) is 0 Å². The molecule has 9 heteroatoms. The van der Waals surface area contributed by atoms with Gasteiger partial charge in [-0.3, -0.25) is 4.18 Å². The third-order valence-corrected chi connectivity index (χ3v) is 3.88. The highest BCUT2D eigenvalue weighted by Crippen LogP contribution is 2.14. The summed E-state index contributed by atoms with van der Waals surface area (Å²) in [6.07, 6.45) is 1.52. The van der Waals surface area contributed by atoms with E-state index in [-0.39, 0.29) is 6.42 Å². The SMILES string of the molecule is COC(=O)/C=C/[C@@H](OS(C)(=O)=O)[C@H](Cc1ccccc1)NC(=O)OC(C)(C)C. The number of hydrogen-bond acceptors (Lipinski definition) is 7. The molecule has 0 aliphatic heterocycles. The lowest BCUT2D eigenvalue weighted by Gasteiger charge is -2.27. The number of methoxy groups -OCH3 is 1. The van der Waals surface area contributed by atoms with Crippen molar-refractivity contribution in [2.45, 2.75) is 44.9 Å². The van der Waals surface area contributed by atoms with Crippen LogP contribution in [-0.4, -0.2) is 51.6 Å². The molecule has 2 atom stereocenters. The van der Waals surface area contributed by atoms with Gasteiger partial charge in [0, 0.05) is 6.08 Å². The minimum atomic E-state index is -3.88. The molecular formula is C19H27NO7S. The Kier molecular flexibility index (Phi) is 8.64. The molecule has 1 amide bonds. The van der Waals surface area contributed by atoms with E-state index in [2.05, 4.69) is 10.1 Å². The maximum atomic E-state index is 12.3. The van der Waals surface area contributed by atoms with Crippen molar-refractivity contribution in [1.82, 2.24) is 5.32 Å². The smallest absolute Gasteiger partial charge is 0.407 e. The Balaban J connectivity index is 3.17. The number of benzene rings is 1. The van der Waals surface area contributed by atoms with Gasteiger partial charge in [0.2, 0.25) is 0 Å². The Labute approximate surface area is 166 Å². The lowest BCUT2D eigenvalue weighted by molar-refractivity contribution is -0.134. The number of rotatable bonds is 8. The topological polar surface area (TPSA) is 108 Å². The molecule has 1 rings (SSSR count). The molecule has 0 saturated heterocycles. The average Bonchev–Trinajstić information content (AvgIpc) is 2.56. The number of carbonyl (C=O) groups is 2. The zero-order valence-electron chi connectivity index (χ0n) is 16.7. The second kappa shape index (κ2) is 10.2. The molecule has 8 nitrogen and oxygen atoms in total. The number of ether oxygens (including phenoxy) is 2. The van der Waals surface area contributed by atoms with Gasteiger partial charge in [-0.05, 0) is 38.8 Å². The van der Waals surface area contributed by atoms with Crippen molar-refractivity contribution in [3.05, 3.63) is 48.0 Å². The van der Waals surface area contributed by atoms with E-state index in [1.807, 2.05) is 30.3 Å². The fourth-order valence-corrected chi connectivity index (χ4v) is 2.85. The van der Waals surface area contributed by atoms with Gasteiger partial charge in [-0.1, -0.05) is 30.3 Å². The van der Waals surface area contributed by atoms with Gasteiger partial charge in [0.05, 0.1) is 19.4 Å². The van der Waals surface area contributed by atoms with Gasteiger partial charge >= 0.3 is 12.1 Å². The maximum absolute atomic E-state index is 12.3. The molecule has 0 fully saturated rings. The maximum Gasteiger partial charge on any atom is 0.407 e. The Morgan fingerprint density at radius 1 is 1.18 bits per heavy atom. The molecule has 0 aromatic heterocycles. The predicted octanol–water partition coefficient (Wildman–Crippen LogP) is 2.20. The first-order chi connectivity index (χ1) is 12.9. The van der Waals surface area contributed by atoms with Gasteiger partial charge in [0.15, 0.2) is 0 Å². The van der Waals surface area contributed by atoms with Crippen LogP contribution < -0.4 is 5.32 Å². The number of amides is 1. The second-order valence-corrected chi connectivity index (χ2v) is 8.69. The summed E-state index contributed by atoms with van der Waals surface area (Å²) in [6, 6.07) is 8.29. The van der Waals surface area contributed by atoms with Crippen molar-refractivity contribution in [1.29, 1.82) is 0 Å². The van der Waals surface area contributed by atoms with Gasteiger partial charge in [0.25, 0.3) is 10.1 Å². The minimum Gasteiger partial charge on any atom is -0.466 e. The average molecular weight is 413 g/mol. The zero-order valence-corrected chi connectivity index (χ0v) is 17.5. The number of carbonyl (C=O) groups excluding carboxylic acids is 2. The Bertz CT molecular complexity index is 782. The van der Waals surface area contributed by atoms with E-state index < -0.39 is 39.9 Å². The van der Waals surface area contributed by atoms with E-state index in [4.69, 9.17) is 8.92 Å². The molecule has 0 aliphatic carbocycles. The lowest BCUT2D eigenvalue weighted by Crippen LogP contribution is -2.47. The van der Waals surface area contributed by atoms with E-state index in [0.717, 1.165) is 17.9 Å². The fourth-order valence-electron chi connectivity index (χ4n) is 2.25. The van der Waals surface area contributed by atoms with Crippen LogP contribution in [0.1, 0.15) is 26.3 Å². The Morgan fingerprint density at radius 3 is 2.29 bits per heavy atom. The highest BCUT2D eigenvalue weighted by molar-refractivity contribution is 7.86. The van der Waals surface area contributed by atoms with Crippen LogP contribution >= 0.6 is 0 Å². The van der Waals surface area contributed by atoms with Crippen molar-refractivity contribution in [3.8, 4) is 0 Å². The summed E-state index contributed by atoms with van der Waals surface area (Å²) in [4.78, 5) is 23.7. The first kappa shape index (κ1) is 23.6.